The molecule has 0 bridgehead atoms. The molecule has 0 saturated heterocycles. The number of hydrogen-bond acceptors (Lipinski definition) is 5. The van der Waals surface area contributed by atoms with Gasteiger partial charge in [0, 0.05) is 17.6 Å². The van der Waals surface area contributed by atoms with E-state index in [0.29, 0.717) is 0 Å². The van der Waals surface area contributed by atoms with Crippen molar-refractivity contribution >= 4 is 17.4 Å². The van der Waals surface area contributed by atoms with Gasteiger partial charge in [0.15, 0.2) is 5.00 Å². The largest absolute Gasteiger partial charge is 0.364 e. The number of nitrogens with one attached hydrogen (secondary N) is 1. The molecule has 0 amide bonds. The lowest BCUT2D eigenvalue weighted by Gasteiger charge is -2.12. The van der Waals surface area contributed by atoms with Gasteiger partial charge in [0.25, 0.3) is 0 Å². The lowest BCUT2D eigenvalue weighted by molar-refractivity contribution is 0.829. The van der Waals surface area contributed by atoms with Crippen LogP contribution in [0.5, 0.6) is 0 Å². The maximum Gasteiger partial charge on any atom is 0.165 e. The van der Waals surface area contributed by atoms with Gasteiger partial charge in [0.05, 0.1) is 12.7 Å². The number of aromatic nitrogens is 4. The molecule has 1 N–H and O–H groups in total. The molecule has 0 unspecified atom stereocenters. The molecule has 1 aliphatic heterocycles. The summed E-state index contributed by atoms with van der Waals surface area (Å²) in [5.74, 6) is 1.01. The fraction of sp³-hybridized carbons (Fsp3) is 0.167. The molecule has 2 aromatic rings. The molecular formula is C6H5N5S. The highest BCUT2D eigenvalue weighted by Gasteiger charge is 2.18. The van der Waals surface area contributed by atoms with E-state index in [1.165, 1.54) is 11.5 Å². The van der Waals surface area contributed by atoms with Crippen LogP contribution < -0.4 is 5.32 Å². The SMILES string of the molecule is c1cc2n(n1)-c1snnc1CN2. The van der Waals surface area contributed by atoms with Gasteiger partial charge in [-0.05, 0) is 0 Å². The Bertz CT molecular complexity index is 377. The quantitative estimate of drug-likeness (QED) is 0.645. The van der Waals surface area contributed by atoms with E-state index in [2.05, 4.69) is 20.0 Å². The summed E-state index contributed by atoms with van der Waals surface area (Å²) in [4.78, 5) is 0. The average molecular weight is 179 g/mol. The number of rotatable bonds is 0. The Morgan fingerprint density at radius 2 is 2.58 bits per heavy atom. The van der Waals surface area contributed by atoms with Crippen molar-refractivity contribution in [1.29, 1.82) is 0 Å². The van der Waals surface area contributed by atoms with Crippen molar-refractivity contribution in [2.45, 2.75) is 6.54 Å². The van der Waals surface area contributed by atoms with Crippen LogP contribution in [0.4, 0.5) is 5.82 Å². The Kier molecular flexibility index (Phi) is 1.04. The van der Waals surface area contributed by atoms with Crippen molar-refractivity contribution in [3.63, 3.8) is 0 Å². The normalized spacial score (nSPS) is 13.3. The molecule has 5 nitrogen and oxygen atoms in total. The van der Waals surface area contributed by atoms with Crippen molar-refractivity contribution in [2.75, 3.05) is 5.32 Å². The van der Waals surface area contributed by atoms with Crippen LogP contribution in [0.2, 0.25) is 0 Å². The number of anilines is 1. The lowest BCUT2D eigenvalue weighted by atomic mass is 10.4. The van der Waals surface area contributed by atoms with Crippen LogP contribution in [0.15, 0.2) is 12.3 Å². The highest BCUT2D eigenvalue weighted by atomic mass is 32.1. The first-order valence-corrected chi connectivity index (χ1v) is 4.32. The molecule has 0 aliphatic carbocycles. The summed E-state index contributed by atoms with van der Waals surface area (Å²) in [5, 5.41) is 12.3. The van der Waals surface area contributed by atoms with Gasteiger partial charge in [-0.1, -0.05) is 4.49 Å². The Morgan fingerprint density at radius 1 is 1.58 bits per heavy atom. The molecule has 3 rings (SSSR count). The van der Waals surface area contributed by atoms with Crippen LogP contribution in [0.3, 0.4) is 0 Å². The summed E-state index contributed by atoms with van der Waals surface area (Å²) in [6.07, 6.45) is 1.76. The van der Waals surface area contributed by atoms with Gasteiger partial charge in [-0.2, -0.15) is 5.10 Å². The molecule has 0 radical (unpaired) electrons. The first-order chi connectivity index (χ1) is 5.95. The van der Waals surface area contributed by atoms with Crippen LogP contribution in [-0.4, -0.2) is 19.4 Å². The molecular weight excluding hydrogens is 174 g/mol. The van der Waals surface area contributed by atoms with Gasteiger partial charge >= 0.3 is 0 Å². The fourth-order valence-electron chi connectivity index (χ4n) is 1.25. The maximum atomic E-state index is 4.15. The molecule has 0 saturated carbocycles. The molecule has 1 aliphatic rings. The number of nitrogens with zero attached hydrogens (tertiary/aromatic N) is 4. The Labute approximate surface area is 72.2 Å². The third-order valence-electron chi connectivity index (χ3n) is 1.81. The zero-order chi connectivity index (χ0) is 7.97. The molecule has 12 heavy (non-hydrogen) atoms. The second-order valence-corrected chi connectivity index (χ2v) is 3.24. The lowest BCUT2D eigenvalue weighted by Crippen LogP contribution is -2.13. The number of hydrogen-bond donors (Lipinski definition) is 1. The van der Waals surface area contributed by atoms with E-state index in [1.54, 1.807) is 6.20 Å². The highest BCUT2D eigenvalue weighted by molar-refractivity contribution is 7.08. The van der Waals surface area contributed by atoms with Gasteiger partial charge in [-0.25, -0.2) is 4.68 Å². The van der Waals surface area contributed by atoms with Crippen LogP contribution in [-0.2, 0) is 6.54 Å². The van der Waals surface area contributed by atoms with Crippen molar-refractivity contribution in [2.24, 2.45) is 0 Å². The highest BCUT2D eigenvalue weighted by Crippen LogP contribution is 2.25. The Hall–Kier alpha value is -1.43. The summed E-state index contributed by atoms with van der Waals surface area (Å²) in [7, 11) is 0. The number of fused-ring (bicyclic) bond motifs is 3. The van der Waals surface area contributed by atoms with Gasteiger partial charge in [-0.15, -0.1) is 5.10 Å². The van der Waals surface area contributed by atoms with Crippen molar-refractivity contribution in [1.82, 2.24) is 19.4 Å². The summed E-state index contributed by atoms with van der Waals surface area (Å²) in [6, 6.07) is 1.93. The second-order valence-electron chi connectivity index (χ2n) is 2.51. The third-order valence-corrected chi connectivity index (χ3v) is 2.55. The Balaban J connectivity index is 2.32. The van der Waals surface area contributed by atoms with Gasteiger partial charge in [-0.3, -0.25) is 0 Å². The molecule has 0 atom stereocenters. The minimum absolute atomic E-state index is 0.748. The molecule has 3 heterocycles. The summed E-state index contributed by atoms with van der Waals surface area (Å²) in [5.41, 5.74) is 0.969. The van der Waals surface area contributed by atoms with E-state index in [1.807, 2.05) is 10.7 Å². The molecule has 0 spiro atoms. The van der Waals surface area contributed by atoms with Crippen molar-refractivity contribution in [3.05, 3.63) is 18.0 Å². The van der Waals surface area contributed by atoms with E-state index < -0.39 is 0 Å². The molecule has 0 aromatic carbocycles. The average Bonchev–Trinajstić information content (AvgIpc) is 2.71. The monoisotopic (exact) mass is 179 g/mol. The summed E-state index contributed by atoms with van der Waals surface area (Å²) < 4.78 is 5.70. The summed E-state index contributed by atoms with van der Waals surface area (Å²) in [6.45, 7) is 0.748. The van der Waals surface area contributed by atoms with E-state index in [0.717, 1.165) is 23.1 Å². The van der Waals surface area contributed by atoms with E-state index in [-0.39, 0.29) is 0 Å². The molecule has 2 aromatic heterocycles. The van der Waals surface area contributed by atoms with Gasteiger partial charge in [0.2, 0.25) is 0 Å². The predicted octanol–water partition coefficient (Wildman–Crippen LogP) is 0.649. The zero-order valence-electron chi connectivity index (χ0n) is 6.06. The zero-order valence-corrected chi connectivity index (χ0v) is 6.88. The van der Waals surface area contributed by atoms with Crippen LogP contribution in [0.25, 0.3) is 5.00 Å². The molecule has 60 valence electrons. The topological polar surface area (TPSA) is 55.6 Å². The standard InChI is InChI=1S/C6H5N5S/c1-2-8-11-5(1)7-3-4-6(11)12-10-9-4/h1-2,7H,3H2. The molecule has 6 heteroatoms. The first kappa shape index (κ1) is 6.13. The predicted molar refractivity (Wildman–Crippen MR) is 44.4 cm³/mol. The third kappa shape index (κ3) is 0.646. The van der Waals surface area contributed by atoms with Crippen LogP contribution in [0, 0.1) is 0 Å². The van der Waals surface area contributed by atoms with E-state index in [4.69, 9.17) is 0 Å². The van der Waals surface area contributed by atoms with Gasteiger partial charge < -0.3 is 5.32 Å². The van der Waals surface area contributed by atoms with Crippen LogP contribution in [0.1, 0.15) is 5.69 Å². The minimum Gasteiger partial charge on any atom is -0.364 e. The van der Waals surface area contributed by atoms with E-state index in [9.17, 15) is 0 Å². The smallest absolute Gasteiger partial charge is 0.165 e. The maximum absolute atomic E-state index is 4.15. The van der Waals surface area contributed by atoms with Gasteiger partial charge in [0.1, 0.15) is 11.5 Å². The van der Waals surface area contributed by atoms with E-state index >= 15 is 0 Å². The molecule has 0 fully saturated rings. The fourth-order valence-corrected chi connectivity index (χ4v) is 1.91. The van der Waals surface area contributed by atoms with Crippen molar-refractivity contribution in [3.8, 4) is 5.00 Å². The van der Waals surface area contributed by atoms with Crippen molar-refractivity contribution < 1.29 is 0 Å². The minimum atomic E-state index is 0.748. The first-order valence-electron chi connectivity index (χ1n) is 3.54. The van der Waals surface area contributed by atoms with Crippen LogP contribution >= 0.6 is 11.5 Å². The summed E-state index contributed by atoms with van der Waals surface area (Å²) >= 11 is 1.37. The second kappa shape index (κ2) is 2.04. The Morgan fingerprint density at radius 3 is 3.58 bits per heavy atom.